The highest BCUT2D eigenvalue weighted by molar-refractivity contribution is 6.29. The molecular formula is C25H27ClN8O. The number of nitrogens with zero attached hydrogens (tertiary/aromatic N) is 8. The maximum Gasteiger partial charge on any atom is 0.255 e. The second kappa shape index (κ2) is 8.95. The number of aryl methyl sites for hydroxylation is 1. The Balaban J connectivity index is 1.45. The number of rotatable bonds is 4. The van der Waals surface area contributed by atoms with Gasteiger partial charge in [-0.15, -0.1) is 0 Å². The van der Waals surface area contributed by atoms with Gasteiger partial charge >= 0.3 is 0 Å². The fourth-order valence-corrected chi connectivity index (χ4v) is 5.19. The molecule has 0 saturated carbocycles. The molecule has 5 rings (SSSR count). The molecule has 0 radical (unpaired) electrons. The number of halogens is 1. The van der Waals surface area contributed by atoms with Crippen LogP contribution in [0, 0.1) is 11.3 Å². The summed E-state index contributed by atoms with van der Waals surface area (Å²) in [6, 6.07) is 12.3. The van der Waals surface area contributed by atoms with Gasteiger partial charge < -0.3 is 4.90 Å². The van der Waals surface area contributed by atoms with Crippen molar-refractivity contribution in [2.75, 3.05) is 18.0 Å². The fraction of sp³-hybridized carbons (Fsp3) is 0.400. The Morgan fingerprint density at radius 1 is 1.17 bits per heavy atom. The minimum atomic E-state index is -0.0949. The van der Waals surface area contributed by atoms with Crippen LogP contribution in [0.4, 0.5) is 5.82 Å². The van der Waals surface area contributed by atoms with Crippen molar-refractivity contribution in [3.05, 3.63) is 63.3 Å². The van der Waals surface area contributed by atoms with Gasteiger partial charge in [-0.1, -0.05) is 17.7 Å². The van der Waals surface area contributed by atoms with Gasteiger partial charge in [-0.05, 0) is 38.5 Å². The van der Waals surface area contributed by atoms with Crippen LogP contribution in [0.3, 0.4) is 0 Å². The normalized spacial score (nSPS) is 19.8. The largest absolute Gasteiger partial charge is 0.351 e. The summed E-state index contributed by atoms with van der Waals surface area (Å²) in [6.07, 6.45) is 1.76. The first-order chi connectivity index (χ1) is 16.8. The van der Waals surface area contributed by atoms with Crippen LogP contribution < -0.4 is 10.5 Å². The second-order valence-corrected chi connectivity index (χ2v) is 9.69. The first-order valence-electron chi connectivity index (χ1n) is 11.7. The summed E-state index contributed by atoms with van der Waals surface area (Å²) >= 11 is 6.06. The van der Waals surface area contributed by atoms with E-state index in [2.05, 4.69) is 63.8 Å². The number of benzene rings is 1. The van der Waals surface area contributed by atoms with E-state index in [1.54, 1.807) is 28.4 Å². The Labute approximate surface area is 208 Å². The van der Waals surface area contributed by atoms with E-state index in [1.807, 2.05) is 12.1 Å². The Morgan fingerprint density at radius 2 is 1.97 bits per heavy atom. The third-order valence-corrected chi connectivity index (χ3v) is 7.17. The molecular weight excluding hydrogens is 464 g/mol. The lowest BCUT2D eigenvalue weighted by Crippen LogP contribution is -2.57. The Kier molecular flexibility index (Phi) is 5.95. The van der Waals surface area contributed by atoms with Crippen LogP contribution in [0.1, 0.15) is 38.1 Å². The van der Waals surface area contributed by atoms with Gasteiger partial charge in [0.05, 0.1) is 35.4 Å². The summed E-state index contributed by atoms with van der Waals surface area (Å²) in [5.74, 6) is 0.759. The van der Waals surface area contributed by atoms with Crippen LogP contribution in [0.25, 0.3) is 16.7 Å². The number of anilines is 1. The predicted octanol–water partition coefficient (Wildman–Crippen LogP) is 3.36. The van der Waals surface area contributed by atoms with E-state index >= 15 is 0 Å². The van der Waals surface area contributed by atoms with E-state index in [-0.39, 0.29) is 30.1 Å². The maximum absolute atomic E-state index is 12.7. The Hall–Kier alpha value is -3.48. The van der Waals surface area contributed by atoms with Crippen LogP contribution in [0.2, 0.25) is 5.15 Å². The van der Waals surface area contributed by atoms with Gasteiger partial charge in [0, 0.05) is 50.4 Å². The first-order valence-corrected chi connectivity index (χ1v) is 12.0. The van der Waals surface area contributed by atoms with Crippen molar-refractivity contribution in [2.24, 2.45) is 7.05 Å². The van der Waals surface area contributed by atoms with Crippen LogP contribution in [-0.4, -0.2) is 54.2 Å². The molecule has 1 aliphatic heterocycles. The lowest BCUT2D eigenvalue weighted by atomic mass is 10.0. The number of nitriles is 1. The van der Waals surface area contributed by atoms with Crippen molar-refractivity contribution in [1.82, 2.24) is 29.0 Å². The number of hydrogen-bond donors (Lipinski definition) is 0. The van der Waals surface area contributed by atoms with Gasteiger partial charge in [-0.3, -0.25) is 19.2 Å². The topological polar surface area (TPSA) is 95.4 Å². The van der Waals surface area contributed by atoms with Crippen molar-refractivity contribution in [3.8, 4) is 6.07 Å². The lowest BCUT2D eigenvalue weighted by molar-refractivity contribution is 0.119. The van der Waals surface area contributed by atoms with Gasteiger partial charge in [0.15, 0.2) is 0 Å². The smallest absolute Gasteiger partial charge is 0.255 e. The molecule has 0 N–H and O–H groups in total. The van der Waals surface area contributed by atoms with Gasteiger partial charge in [0.25, 0.3) is 5.56 Å². The molecule has 4 aromatic rings. The summed E-state index contributed by atoms with van der Waals surface area (Å²) in [5, 5.41) is 14.1. The molecule has 1 aliphatic rings. The molecule has 1 unspecified atom stereocenters. The lowest BCUT2D eigenvalue weighted by Gasteiger charge is -2.47. The molecule has 0 amide bonds. The van der Waals surface area contributed by atoms with Crippen molar-refractivity contribution < 1.29 is 0 Å². The summed E-state index contributed by atoms with van der Waals surface area (Å²) in [4.78, 5) is 26.2. The third kappa shape index (κ3) is 4.13. The molecule has 0 bridgehead atoms. The van der Waals surface area contributed by atoms with E-state index in [1.165, 1.54) is 0 Å². The quantitative estimate of drug-likeness (QED) is 0.433. The van der Waals surface area contributed by atoms with Crippen LogP contribution in [0.15, 0.2) is 41.3 Å². The zero-order valence-electron chi connectivity index (χ0n) is 20.2. The molecule has 10 heteroatoms. The summed E-state index contributed by atoms with van der Waals surface area (Å²) in [7, 11) is 1.73. The molecule has 1 fully saturated rings. The molecule has 0 spiro atoms. The summed E-state index contributed by atoms with van der Waals surface area (Å²) < 4.78 is 3.36. The molecule has 9 nitrogen and oxygen atoms in total. The van der Waals surface area contributed by atoms with Crippen molar-refractivity contribution in [1.29, 1.82) is 5.26 Å². The SMILES string of the molecule is CC(c1ccc2ncc(Cl)nc2c1)N1C[C@H](C)N(c2cc(=O)n(C)c3cc(CC#N)nn23)C[C@H]1C. The number of aromatic nitrogens is 5. The number of piperazine rings is 1. The average molecular weight is 491 g/mol. The second-order valence-electron chi connectivity index (χ2n) is 9.30. The fourth-order valence-electron chi connectivity index (χ4n) is 5.05. The number of fused-ring (bicyclic) bond motifs is 2. The Morgan fingerprint density at radius 3 is 2.74 bits per heavy atom. The summed E-state index contributed by atoms with van der Waals surface area (Å²) in [6.45, 7) is 8.12. The molecule has 0 aliphatic carbocycles. The number of hydrogen-bond acceptors (Lipinski definition) is 7. The van der Waals surface area contributed by atoms with Crippen LogP contribution >= 0.6 is 11.6 Å². The van der Waals surface area contributed by atoms with E-state index in [0.717, 1.165) is 35.5 Å². The molecule has 1 saturated heterocycles. The highest BCUT2D eigenvalue weighted by atomic mass is 35.5. The molecule has 35 heavy (non-hydrogen) atoms. The molecule has 180 valence electrons. The maximum atomic E-state index is 12.7. The highest BCUT2D eigenvalue weighted by Gasteiger charge is 2.34. The van der Waals surface area contributed by atoms with Crippen LogP contribution in [-0.2, 0) is 13.5 Å². The standard InChI is InChI=1S/C25H27ClN8O/c1-15-14-33(24-11-25(35)31(4)23-10-19(7-8-27)30-34(23)24)16(2)13-32(15)17(3)18-5-6-20-21(9-18)29-22(26)12-28-20/h5-6,9-12,15-17H,7,13-14H2,1-4H3/t15-,16+,17?/m1/s1. The average Bonchev–Trinajstić information content (AvgIpc) is 3.26. The van der Waals surface area contributed by atoms with E-state index in [0.29, 0.717) is 16.5 Å². The minimum absolute atomic E-state index is 0.0949. The first kappa shape index (κ1) is 23.3. The molecule has 3 aromatic heterocycles. The highest BCUT2D eigenvalue weighted by Crippen LogP contribution is 2.31. The van der Waals surface area contributed by atoms with Crippen molar-refractivity contribution in [2.45, 2.75) is 45.3 Å². The summed E-state index contributed by atoms with van der Waals surface area (Å²) in [5.41, 5.74) is 4.01. The third-order valence-electron chi connectivity index (χ3n) is 6.99. The molecule has 3 atom stereocenters. The molecule has 1 aromatic carbocycles. The van der Waals surface area contributed by atoms with Gasteiger partial charge in [0.2, 0.25) is 0 Å². The van der Waals surface area contributed by atoms with E-state index < -0.39 is 0 Å². The van der Waals surface area contributed by atoms with Gasteiger partial charge in [-0.2, -0.15) is 10.4 Å². The van der Waals surface area contributed by atoms with Crippen LogP contribution in [0.5, 0.6) is 0 Å². The van der Waals surface area contributed by atoms with E-state index in [9.17, 15) is 4.79 Å². The predicted molar refractivity (Wildman–Crippen MR) is 136 cm³/mol. The zero-order chi connectivity index (χ0) is 24.9. The minimum Gasteiger partial charge on any atom is -0.351 e. The monoisotopic (exact) mass is 490 g/mol. The van der Waals surface area contributed by atoms with Gasteiger partial charge in [0.1, 0.15) is 16.6 Å². The van der Waals surface area contributed by atoms with Gasteiger partial charge in [-0.25, -0.2) is 9.50 Å². The van der Waals surface area contributed by atoms with Crippen molar-refractivity contribution in [3.63, 3.8) is 0 Å². The Bertz CT molecular complexity index is 1520. The zero-order valence-corrected chi connectivity index (χ0v) is 20.9. The molecule has 4 heterocycles. The van der Waals surface area contributed by atoms with Crippen molar-refractivity contribution >= 4 is 34.1 Å². The van der Waals surface area contributed by atoms with E-state index in [4.69, 9.17) is 16.9 Å².